The molecule has 0 unspecified atom stereocenters. The van der Waals surface area contributed by atoms with Crippen molar-refractivity contribution in [2.45, 2.75) is 25.7 Å². The monoisotopic (exact) mass is 189 g/mol. The highest BCUT2D eigenvalue weighted by Gasteiger charge is 2.25. The summed E-state index contributed by atoms with van der Waals surface area (Å²) < 4.78 is 1.38. The van der Waals surface area contributed by atoms with Gasteiger partial charge < -0.3 is 0 Å². The van der Waals surface area contributed by atoms with Gasteiger partial charge in [-0.2, -0.15) is 0 Å². The topological polar surface area (TPSA) is 12.9 Å². The van der Waals surface area contributed by atoms with E-state index in [1.165, 1.54) is 33.5 Å². The van der Waals surface area contributed by atoms with Crippen LogP contribution in [0.4, 0.5) is 0 Å². The third kappa shape index (κ3) is 1.17. The maximum atomic E-state index is 4.38. The summed E-state index contributed by atoms with van der Waals surface area (Å²) in [6, 6.07) is 4.36. The van der Waals surface area contributed by atoms with Crippen LogP contribution in [0.2, 0.25) is 0 Å². The molecule has 1 nitrogen and oxygen atoms in total. The van der Waals surface area contributed by atoms with Gasteiger partial charge in [-0.3, -0.25) is 4.98 Å². The van der Waals surface area contributed by atoms with Crippen LogP contribution in [0, 0.1) is 6.92 Å². The second kappa shape index (κ2) is 2.55. The molecule has 66 valence electrons. The van der Waals surface area contributed by atoms with Crippen molar-refractivity contribution in [2.24, 2.45) is 0 Å². The summed E-state index contributed by atoms with van der Waals surface area (Å²) in [5, 5.41) is 0. The first-order chi connectivity index (χ1) is 6.34. The Bertz CT molecular complexity index is 454. The van der Waals surface area contributed by atoms with Crippen molar-refractivity contribution in [3.63, 3.8) is 0 Å². The van der Waals surface area contributed by atoms with E-state index in [0.717, 1.165) is 5.92 Å². The Hall–Kier alpha value is -0.890. The highest BCUT2D eigenvalue weighted by atomic mass is 32.1. The van der Waals surface area contributed by atoms with Gasteiger partial charge in [0.15, 0.2) is 0 Å². The van der Waals surface area contributed by atoms with Gasteiger partial charge in [0.05, 0.1) is 10.2 Å². The van der Waals surface area contributed by atoms with E-state index in [0.29, 0.717) is 0 Å². The van der Waals surface area contributed by atoms with Crippen LogP contribution in [0.1, 0.15) is 29.2 Å². The number of aromatic nitrogens is 1. The van der Waals surface area contributed by atoms with Crippen molar-refractivity contribution in [3.05, 3.63) is 28.8 Å². The molecular formula is C11H11NS. The molecule has 2 aromatic heterocycles. The summed E-state index contributed by atoms with van der Waals surface area (Å²) in [7, 11) is 0. The second-order valence-electron chi connectivity index (χ2n) is 3.77. The van der Waals surface area contributed by atoms with Gasteiger partial charge >= 0.3 is 0 Å². The maximum absolute atomic E-state index is 4.38. The molecule has 13 heavy (non-hydrogen) atoms. The standard InChI is InChI=1S/C11H11NS/c1-7-4-5-12-9-6-10(8-2-3-8)13-11(7)9/h4-6,8H,2-3H2,1H3. The quantitative estimate of drug-likeness (QED) is 0.669. The Morgan fingerprint density at radius 1 is 1.46 bits per heavy atom. The van der Waals surface area contributed by atoms with Crippen LogP contribution >= 0.6 is 11.3 Å². The van der Waals surface area contributed by atoms with Crippen LogP contribution in [0.15, 0.2) is 18.3 Å². The molecule has 0 amide bonds. The molecule has 2 heterocycles. The zero-order valence-electron chi connectivity index (χ0n) is 7.58. The van der Waals surface area contributed by atoms with E-state index >= 15 is 0 Å². The van der Waals surface area contributed by atoms with Gasteiger partial charge in [0.1, 0.15) is 0 Å². The van der Waals surface area contributed by atoms with Crippen molar-refractivity contribution in [1.29, 1.82) is 0 Å². The Morgan fingerprint density at radius 2 is 2.31 bits per heavy atom. The van der Waals surface area contributed by atoms with Gasteiger partial charge in [-0.05, 0) is 43.4 Å². The fraction of sp³-hybridized carbons (Fsp3) is 0.364. The molecule has 0 N–H and O–H groups in total. The fourth-order valence-electron chi connectivity index (χ4n) is 1.65. The predicted molar refractivity (Wildman–Crippen MR) is 56.3 cm³/mol. The molecule has 0 spiro atoms. The smallest absolute Gasteiger partial charge is 0.0815 e. The van der Waals surface area contributed by atoms with E-state index in [-0.39, 0.29) is 0 Å². The average Bonchev–Trinajstić information content (AvgIpc) is 2.87. The molecule has 0 atom stereocenters. The van der Waals surface area contributed by atoms with Crippen molar-refractivity contribution >= 4 is 21.6 Å². The first-order valence-corrected chi connectivity index (χ1v) is 5.51. The number of fused-ring (bicyclic) bond motifs is 1. The van der Waals surface area contributed by atoms with Crippen molar-refractivity contribution in [1.82, 2.24) is 4.98 Å². The summed E-state index contributed by atoms with van der Waals surface area (Å²) in [4.78, 5) is 5.92. The summed E-state index contributed by atoms with van der Waals surface area (Å²) in [5.74, 6) is 0.860. The van der Waals surface area contributed by atoms with Crippen molar-refractivity contribution < 1.29 is 0 Å². The zero-order chi connectivity index (χ0) is 8.84. The molecular weight excluding hydrogens is 178 g/mol. The van der Waals surface area contributed by atoms with E-state index < -0.39 is 0 Å². The molecule has 3 rings (SSSR count). The molecule has 0 aliphatic heterocycles. The average molecular weight is 189 g/mol. The number of hydrogen-bond donors (Lipinski definition) is 0. The SMILES string of the molecule is Cc1ccnc2cc(C3CC3)sc12. The number of nitrogens with zero attached hydrogens (tertiary/aromatic N) is 1. The highest BCUT2D eigenvalue weighted by molar-refractivity contribution is 7.19. The summed E-state index contributed by atoms with van der Waals surface area (Å²) in [6.45, 7) is 2.16. The fourth-order valence-corrected chi connectivity index (χ4v) is 2.91. The lowest BCUT2D eigenvalue weighted by Gasteiger charge is -1.91. The van der Waals surface area contributed by atoms with Crippen LogP contribution in [0.3, 0.4) is 0 Å². The molecule has 0 bridgehead atoms. The first-order valence-electron chi connectivity index (χ1n) is 4.69. The lowest BCUT2D eigenvalue weighted by atomic mass is 10.2. The lowest BCUT2D eigenvalue weighted by molar-refractivity contribution is 1.18. The van der Waals surface area contributed by atoms with Gasteiger partial charge in [-0.1, -0.05) is 0 Å². The van der Waals surface area contributed by atoms with Gasteiger partial charge in [0.2, 0.25) is 0 Å². The van der Waals surface area contributed by atoms with Crippen LogP contribution in [-0.4, -0.2) is 4.98 Å². The molecule has 1 fully saturated rings. The maximum Gasteiger partial charge on any atom is 0.0815 e. The Labute approximate surface area is 81.4 Å². The summed E-state index contributed by atoms with van der Waals surface area (Å²) in [5.41, 5.74) is 2.55. The van der Waals surface area contributed by atoms with Gasteiger partial charge in [-0.25, -0.2) is 0 Å². The minimum Gasteiger partial charge on any atom is -0.255 e. The minimum atomic E-state index is 0.860. The van der Waals surface area contributed by atoms with Crippen LogP contribution in [-0.2, 0) is 0 Å². The van der Waals surface area contributed by atoms with Gasteiger partial charge in [0, 0.05) is 11.1 Å². The van der Waals surface area contributed by atoms with E-state index in [2.05, 4.69) is 24.0 Å². The molecule has 2 aromatic rings. The molecule has 0 radical (unpaired) electrons. The first kappa shape index (κ1) is 7.51. The number of pyridine rings is 1. The molecule has 1 aliphatic carbocycles. The summed E-state index contributed by atoms with van der Waals surface area (Å²) in [6.07, 6.45) is 4.67. The third-order valence-electron chi connectivity index (χ3n) is 2.61. The largest absolute Gasteiger partial charge is 0.255 e. The molecule has 1 aliphatic rings. The predicted octanol–water partition coefficient (Wildman–Crippen LogP) is 3.48. The second-order valence-corrected chi connectivity index (χ2v) is 4.85. The van der Waals surface area contributed by atoms with Gasteiger partial charge in [-0.15, -0.1) is 11.3 Å². The Balaban J connectivity index is 2.26. The Kier molecular flexibility index (Phi) is 1.47. The van der Waals surface area contributed by atoms with E-state index in [1.807, 2.05) is 17.5 Å². The minimum absolute atomic E-state index is 0.860. The zero-order valence-corrected chi connectivity index (χ0v) is 8.40. The van der Waals surface area contributed by atoms with Gasteiger partial charge in [0.25, 0.3) is 0 Å². The Morgan fingerprint density at radius 3 is 3.00 bits per heavy atom. The van der Waals surface area contributed by atoms with E-state index in [4.69, 9.17) is 0 Å². The van der Waals surface area contributed by atoms with E-state index in [9.17, 15) is 0 Å². The number of aryl methyl sites for hydroxylation is 1. The molecule has 2 heteroatoms. The third-order valence-corrected chi connectivity index (χ3v) is 4.03. The number of thiophene rings is 1. The molecule has 0 aromatic carbocycles. The van der Waals surface area contributed by atoms with Crippen molar-refractivity contribution in [2.75, 3.05) is 0 Å². The molecule has 0 saturated heterocycles. The number of rotatable bonds is 1. The van der Waals surface area contributed by atoms with Crippen LogP contribution in [0.5, 0.6) is 0 Å². The molecule has 1 saturated carbocycles. The van der Waals surface area contributed by atoms with Crippen molar-refractivity contribution in [3.8, 4) is 0 Å². The van der Waals surface area contributed by atoms with E-state index in [1.54, 1.807) is 0 Å². The normalized spacial score (nSPS) is 16.7. The van der Waals surface area contributed by atoms with Crippen LogP contribution in [0.25, 0.3) is 10.2 Å². The number of hydrogen-bond acceptors (Lipinski definition) is 2. The summed E-state index contributed by atoms with van der Waals surface area (Å²) >= 11 is 1.93. The highest BCUT2D eigenvalue weighted by Crippen LogP contribution is 2.45. The lowest BCUT2D eigenvalue weighted by Crippen LogP contribution is -1.74. The van der Waals surface area contributed by atoms with Crippen LogP contribution < -0.4 is 0 Å².